The summed E-state index contributed by atoms with van der Waals surface area (Å²) < 4.78 is 0. The van der Waals surface area contributed by atoms with Crippen LogP contribution in [0, 0.1) is 13.8 Å². The molecule has 0 aliphatic carbocycles. The molecule has 0 saturated heterocycles. The third-order valence-corrected chi connectivity index (χ3v) is 2.73. The maximum atomic E-state index is 12.1. The normalized spacial score (nSPS) is 10.4. The van der Waals surface area contributed by atoms with E-state index in [4.69, 9.17) is 11.6 Å². The minimum Gasteiger partial charge on any atom is -0.356 e. The Morgan fingerprint density at radius 1 is 1.19 bits per heavy atom. The molecule has 16 heavy (non-hydrogen) atoms. The van der Waals surface area contributed by atoms with Crippen molar-refractivity contribution in [2.75, 3.05) is 0 Å². The Balaban J connectivity index is 2.39. The average molecular weight is 234 g/mol. The van der Waals surface area contributed by atoms with Gasteiger partial charge in [0.05, 0.1) is 5.69 Å². The van der Waals surface area contributed by atoms with Gasteiger partial charge in [0.25, 0.3) is 0 Å². The van der Waals surface area contributed by atoms with Crippen molar-refractivity contribution in [3.8, 4) is 0 Å². The molecule has 0 unspecified atom stereocenters. The molecule has 0 amide bonds. The van der Waals surface area contributed by atoms with Crippen LogP contribution < -0.4 is 0 Å². The number of benzene rings is 1. The van der Waals surface area contributed by atoms with Crippen molar-refractivity contribution in [1.29, 1.82) is 0 Å². The highest BCUT2D eigenvalue weighted by Gasteiger charge is 2.13. The molecule has 1 heterocycles. The van der Waals surface area contributed by atoms with Gasteiger partial charge in [-0.05, 0) is 49.7 Å². The maximum Gasteiger partial charge on any atom is 0.209 e. The molecule has 0 aliphatic rings. The number of hydrogen-bond donors (Lipinski definition) is 1. The van der Waals surface area contributed by atoms with E-state index in [2.05, 4.69) is 4.98 Å². The Bertz CT molecular complexity index is 525. The monoisotopic (exact) mass is 233 g/mol. The van der Waals surface area contributed by atoms with Gasteiger partial charge in [0.2, 0.25) is 5.78 Å². The number of H-pyrrole nitrogens is 1. The minimum absolute atomic E-state index is 0.00210. The van der Waals surface area contributed by atoms with Crippen molar-refractivity contribution in [2.24, 2.45) is 0 Å². The van der Waals surface area contributed by atoms with Crippen LogP contribution in [0.15, 0.2) is 30.3 Å². The van der Waals surface area contributed by atoms with Crippen molar-refractivity contribution >= 4 is 17.4 Å². The highest BCUT2D eigenvalue weighted by molar-refractivity contribution is 6.30. The lowest BCUT2D eigenvalue weighted by atomic mass is 10.1. The van der Waals surface area contributed by atoms with Crippen molar-refractivity contribution in [1.82, 2.24) is 4.98 Å². The molecule has 1 aromatic carbocycles. The fourth-order valence-electron chi connectivity index (χ4n) is 1.71. The van der Waals surface area contributed by atoms with Crippen molar-refractivity contribution in [3.63, 3.8) is 0 Å². The SMILES string of the molecule is Cc1cc(C)c(C(=O)c2ccc(Cl)cc2)[nH]1. The van der Waals surface area contributed by atoms with Crippen LogP contribution in [-0.4, -0.2) is 10.8 Å². The summed E-state index contributed by atoms with van der Waals surface area (Å²) in [5.41, 5.74) is 3.27. The molecule has 0 spiro atoms. The topological polar surface area (TPSA) is 32.9 Å². The quantitative estimate of drug-likeness (QED) is 0.791. The lowest BCUT2D eigenvalue weighted by molar-refractivity contribution is 0.103. The number of aryl methyl sites for hydroxylation is 2. The fraction of sp³-hybridized carbons (Fsp3) is 0.154. The summed E-state index contributed by atoms with van der Waals surface area (Å²) in [5, 5.41) is 0.635. The number of aromatic nitrogens is 1. The zero-order valence-electron chi connectivity index (χ0n) is 9.17. The van der Waals surface area contributed by atoms with Crippen molar-refractivity contribution in [2.45, 2.75) is 13.8 Å². The van der Waals surface area contributed by atoms with Gasteiger partial charge in [0, 0.05) is 16.3 Å². The van der Waals surface area contributed by atoms with Gasteiger partial charge < -0.3 is 4.98 Å². The van der Waals surface area contributed by atoms with Gasteiger partial charge in [0.15, 0.2) is 0 Å². The molecule has 3 heteroatoms. The Hall–Kier alpha value is -1.54. The molecule has 0 radical (unpaired) electrons. The zero-order valence-corrected chi connectivity index (χ0v) is 9.93. The van der Waals surface area contributed by atoms with Crippen LogP contribution in [0.3, 0.4) is 0 Å². The van der Waals surface area contributed by atoms with Gasteiger partial charge in [-0.1, -0.05) is 11.6 Å². The van der Waals surface area contributed by atoms with Crippen LogP contribution in [0.4, 0.5) is 0 Å². The lowest BCUT2D eigenvalue weighted by Crippen LogP contribution is -2.03. The molecule has 2 aromatic rings. The Morgan fingerprint density at radius 3 is 2.31 bits per heavy atom. The second kappa shape index (κ2) is 4.14. The van der Waals surface area contributed by atoms with E-state index in [1.54, 1.807) is 24.3 Å². The molecular weight excluding hydrogens is 222 g/mol. The molecule has 2 nitrogen and oxygen atoms in total. The molecule has 0 aliphatic heterocycles. The second-order valence-electron chi connectivity index (χ2n) is 3.85. The van der Waals surface area contributed by atoms with Gasteiger partial charge in [-0.15, -0.1) is 0 Å². The predicted octanol–water partition coefficient (Wildman–Crippen LogP) is 3.52. The Labute approximate surface area is 99.3 Å². The summed E-state index contributed by atoms with van der Waals surface area (Å²) in [4.78, 5) is 15.2. The molecule has 0 fully saturated rings. The van der Waals surface area contributed by atoms with E-state index >= 15 is 0 Å². The first kappa shape index (κ1) is 11.0. The molecule has 0 saturated carbocycles. The first-order valence-corrected chi connectivity index (χ1v) is 5.42. The van der Waals surface area contributed by atoms with Gasteiger partial charge in [-0.25, -0.2) is 0 Å². The van der Waals surface area contributed by atoms with Gasteiger partial charge >= 0.3 is 0 Å². The third kappa shape index (κ3) is 2.02. The van der Waals surface area contributed by atoms with Crippen molar-refractivity contribution < 1.29 is 4.79 Å². The highest BCUT2D eigenvalue weighted by Crippen LogP contribution is 2.16. The van der Waals surface area contributed by atoms with E-state index < -0.39 is 0 Å². The first-order valence-electron chi connectivity index (χ1n) is 5.04. The Kier molecular flexibility index (Phi) is 2.84. The van der Waals surface area contributed by atoms with E-state index in [-0.39, 0.29) is 5.78 Å². The van der Waals surface area contributed by atoms with Crippen LogP contribution in [0.1, 0.15) is 27.3 Å². The number of halogens is 1. The predicted molar refractivity (Wildman–Crippen MR) is 65.2 cm³/mol. The van der Waals surface area contributed by atoms with Crippen LogP contribution in [0.25, 0.3) is 0 Å². The molecule has 0 atom stereocenters. The third-order valence-electron chi connectivity index (χ3n) is 2.48. The molecule has 1 N–H and O–H groups in total. The van der Waals surface area contributed by atoms with Crippen LogP contribution >= 0.6 is 11.6 Å². The van der Waals surface area contributed by atoms with Gasteiger partial charge in [-0.3, -0.25) is 4.79 Å². The summed E-state index contributed by atoms with van der Waals surface area (Å²) in [6.45, 7) is 3.86. The van der Waals surface area contributed by atoms with E-state index in [0.29, 0.717) is 16.3 Å². The lowest BCUT2D eigenvalue weighted by Gasteiger charge is -2.00. The van der Waals surface area contributed by atoms with Crippen LogP contribution in [0.5, 0.6) is 0 Å². The number of rotatable bonds is 2. The van der Waals surface area contributed by atoms with Crippen LogP contribution in [0.2, 0.25) is 5.02 Å². The van der Waals surface area contributed by atoms with Gasteiger partial charge in [0.1, 0.15) is 0 Å². The Morgan fingerprint density at radius 2 is 1.81 bits per heavy atom. The number of carbonyl (C=O) groups is 1. The largest absolute Gasteiger partial charge is 0.356 e. The summed E-state index contributed by atoms with van der Waals surface area (Å²) >= 11 is 5.78. The average Bonchev–Trinajstić information content (AvgIpc) is 2.58. The molecule has 0 bridgehead atoms. The summed E-state index contributed by atoms with van der Waals surface area (Å²) in [5.74, 6) is 0.00210. The number of hydrogen-bond acceptors (Lipinski definition) is 1. The van der Waals surface area contributed by atoms with E-state index in [1.165, 1.54) is 0 Å². The molecule has 1 aromatic heterocycles. The zero-order chi connectivity index (χ0) is 11.7. The van der Waals surface area contributed by atoms with E-state index in [0.717, 1.165) is 11.3 Å². The fourth-order valence-corrected chi connectivity index (χ4v) is 1.84. The van der Waals surface area contributed by atoms with E-state index in [1.807, 2.05) is 19.9 Å². The van der Waals surface area contributed by atoms with Crippen LogP contribution in [-0.2, 0) is 0 Å². The second-order valence-corrected chi connectivity index (χ2v) is 4.28. The smallest absolute Gasteiger partial charge is 0.209 e. The summed E-state index contributed by atoms with van der Waals surface area (Å²) in [6, 6.07) is 8.88. The molecule has 82 valence electrons. The molecular formula is C13H12ClNO. The van der Waals surface area contributed by atoms with Crippen molar-refractivity contribution in [3.05, 3.63) is 57.9 Å². The number of ketones is 1. The minimum atomic E-state index is 0.00210. The number of nitrogens with one attached hydrogen (secondary N) is 1. The first-order chi connectivity index (χ1) is 7.58. The highest BCUT2D eigenvalue weighted by atomic mass is 35.5. The number of aromatic amines is 1. The molecule has 2 rings (SSSR count). The van der Waals surface area contributed by atoms with Gasteiger partial charge in [-0.2, -0.15) is 0 Å². The summed E-state index contributed by atoms with van der Waals surface area (Å²) in [7, 11) is 0. The number of carbonyl (C=O) groups excluding carboxylic acids is 1. The summed E-state index contributed by atoms with van der Waals surface area (Å²) in [6.07, 6.45) is 0. The van der Waals surface area contributed by atoms with E-state index in [9.17, 15) is 4.79 Å². The maximum absolute atomic E-state index is 12.1. The standard InChI is InChI=1S/C13H12ClNO/c1-8-7-9(2)15-12(8)13(16)10-3-5-11(14)6-4-10/h3-7,15H,1-2H3.